The average Bonchev–Trinajstić information content (AvgIpc) is 3.90. The molecule has 10 aromatic rings. The molecule has 10 heteroatoms. The van der Waals surface area contributed by atoms with Crippen LogP contribution in [0.3, 0.4) is 0 Å². The number of hydrogen-bond donors (Lipinski definition) is 0. The topological polar surface area (TPSA) is 95.4 Å². The average molecular weight is 1030 g/mol. The zero-order chi connectivity index (χ0) is 45.5. The van der Waals surface area contributed by atoms with E-state index >= 15 is 0 Å². The van der Waals surface area contributed by atoms with Crippen molar-refractivity contribution < 1.29 is 27.3 Å². The number of furan rings is 1. The maximum atomic E-state index is 8.84. The van der Waals surface area contributed by atoms with Crippen LogP contribution in [0.15, 0.2) is 150 Å². The molecule has 4 heterocycles. The monoisotopic (exact) mass is 1030 g/mol. The Balaban J connectivity index is 0.000000197. The van der Waals surface area contributed by atoms with Crippen molar-refractivity contribution in [1.29, 1.82) is 0 Å². The van der Waals surface area contributed by atoms with Crippen LogP contribution in [0.5, 0.6) is 0 Å². The number of para-hydroxylation sites is 1. The summed E-state index contributed by atoms with van der Waals surface area (Å²) < 4.78 is 26.2. The van der Waals surface area contributed by atoms with E-state index in [1.54, 1.807) is 0 Å². The van der Waals surface area contributed by atoms with E-state index in [1.807, 2.05) is 103 Å². The SMILES string of the molecule is CC(C)c1cc(-c2ccccc2)cc(C(C)C)c1-n1c(-c2[c-]ccc3c2oc2ccccc23)nc2nnnnc21.[2H]C([2H])(c1ccccc1)c1cc(-c2[c-]cccc2)ncc1[Si](C)(C)C.[Ir]. The number of imidazole rings is 1. The maximum Gasteiger partial charge on any atom is 0.214 e. The predicted molar refractivity (Wildman–Crippen MR) is 258 cm³/mol. The van der Waals surface area contributed by atoms with Crippen LogP contribution in [0.4, 0.5) is 0 Å². The van der Waals surface area contributed by atoms with Gasteiger partial charge in [0.2, 0.25) is 11.3 Å². The number of pyridine rings is 1. The third-order valence-electron chi connectivity index (χ3n) is 11.2. The van der Waals surface area contributed by atoms with Gasteiger partial charge in [0, 0.05) is 40.1 Å². The molecular formula is C54H49IrN7OSi-2. The Kier molecular flexibility index (Phi) is 12.2. The van der Waals surface area contributed by atoms with Crippen molar-refractivity contribution in [2.75, 3.05) is 0 Å². The molecular weight excluding hydrogens is 983 g/mol. The van der Waals surface area contributed by atoms with E-state index in [-0.39, 0.29) is 31.9 Å². The molecule has 0 bridgehead atoms. The maximum absolute atomic E-state index is 8.84. The van der Waals surface area contributed by atoms with Crippen LogP contribution >= 0.6 is 0 Å². The number of benzene rings is 6. The fourth-order valence-electron chi connectivity index (χ4n) is 8.07. The molecule has 0 aliphatic heterocycles. The molecule has 0 atom stereocenters. The van der Waals surface area contributed by atoms with Crippen molar-refractivity contribution in [2.24, 2.45) is 0 Å². The normalized spacial score (nSPS) is 12.3. The number of fused-ring (bicyclic) bond motifs is 4. The first-order valence-electron chi connectivity index (χ1n) is 22.3. The molecule has 8 nitrogen and oxygen atoms in total. The van der Waals surface area contributed by atoms with Gasteiger partial charge in [-0.3, -0.25) is 4.98 Å². The zero-order valence-corrected chi connectivity index (χ0v) is 40.3. The van der Waals surface area contributed by atoms with Crippen molar-refractivity contribution in [3.05, 3.63) is 180 Å². The molecule has 64 heavy (non-hydrogen) atoms. The molecule has 6 aromatic carbocycles. The minimum Gasteiger partial charge on any atom is -0.501 e. The Morgan fingerprint density at radius 1 is 0.703 bits per heavy atom. The number of hydrogen-bond acceptors (Lipinski definition) is 7. The summed E-state index contributed by atoms with van der Waals surface area (Å²) in [6.45, 7) is 15.5. The van der Waals surface area contributed by atoms with E-state index in [4.69, 9.17) is 12.1 Å². The molecule has 0 saturated carbocycles. The molecule has 0 unspecified atom stereocenters. The molecule has 0 fully saturated rings. The van der Waals surface area contributed by atoms with Crippen molar-refractivity contribution in [1.82, 2.24) is 35.2 Å². The molecule has 1 radical (unpaired) electrons. The number of nitrogens with zero attached hydrogens (tertiary/aromatic N) is 7. The largest absolute Gasteiger partial charge is 0.501 e. The van der Waals surface area contributed by atoms with Gasteiger partial charge in [0.25, 0.3) is 0 Å². The second kappa shape index (κ2) is 18.7. The van der Waals surface area contributed by atoms with Crippen molar-refractivity contribution in [3.63, 3.8) is 0 Å². The van der Waals surface area contributed by atoms with Gasteiger partial charge < -0.3 is 14.0 Å². The van der Waals surface area contributed by atoms with Crippen LogP contribution in [0, 0.1) is 12.1 Å². The summed E-state index contributed by atoms with van der Waals surface area (Å²) >= 11 is 0. The quantitative estimate of drug-likeness (QED) is 0.105. The molecule has 0 spiro atoms. The molecule has 321 valence electrons. The van der Waals surface area contributed by atoms with E-state index < -0.39 is 14.4 Å². The Hall–Kier alpha value is -6.45. The summed E-state index contributed by atoms with van der Waals surface area (Å²) in [4.78, 5) is 9.58. The van der Waals surface area contributed by atoms with Gasteiger partial charge >= 0.3 is 0 Å². The standard InChI is InChI=1S/C33H27N6O.C21H22NSi.Ir/c1-19(2)26-17-22(21-11-6-5-7-12-21)18-27(20(3)4)29(26)39-32(34-31-33(39)36-38-37-35-31)25-15-10-14-24-23-13-8-9-16-28(23)40-30(24)25;1-23(2,3)21-16-22-20(18-12-8-5-9-13-18)15-19(21)14-17-10-6-4-7-11-17;/h5-14,16-20H,1-4H3;4-12,15-16H,14H2,1-3H3;/q2*-1;/i;14D2;. The number of rotatable bonds is 9. The van der Waals surface area contributed by atoms with Crippen molar-refractivity contribution in [3.8, 4) is 39.5 Å². The van der Waals surface area contributed by atoms with Gasteiger partial charge in [0.1, 0.15) is 5.58 Å². The van der Waals surface area contributed by atoms with Crippen LogP contribution in [-0.2, 0) is 26.5 Å². The summed E-state index contributed by atoms with van der Waals surface area (Å²) in [6.07, 6.45) is 0.307. The fraction of sp³-hybridized carbons (Fsp3) is 0.185. The van der Waals surface area contributed by atoms with Crippen LogP contribution < -0.4 is 5.19 Å². The van der Waals surface area contributed by atoms with Gasteiger partial charge in [0.05, 0.1) is 19.5 Å². The molecule has 0 aliphatic rings. The summed E-state index contributed by atoms with van der Waals surface area (Å²) in [6, 6.07) is 52.7. The molecule has 0 N–H and O–H groups in total. The Labute approximate surface area is 392 Å². The molecule has 0 saturated heterocycles. The summed E-state index contributed by atoms with van der Waals surface area (Å²) in [7, 11) is -1.76. The van der Waals surface area contributed by atoms with E-state index in [2.05, 4.69) is 132 Å². The molecule has 4 aromatic heterocycles. The summed E-state index contributed by atoms with van der Waals surface area (Å²) in [5.41, 5.74) is 12.0. The van der Waals surface area contributed by atoms with E-state index in [0.717, 1.165) is 55.2 Å². The predicted octanol–water partition coefficient (Wildman–Crippen LogP) is 12.6. The summed E-state index contributed by atoms with van der Waals surface area (Å²) in [5, 5.41) is 19.5. The molecule has 0 aliphatic carbocycles. The smallest absolute Gasteiger partial charge is 0.214 e. The van der Waals surface area contributed by atoms with Gasteiger partial charge in [-0.05, 0) is 85.5 Å². The minimum absolute atomic E-state index is 0. The fourth-order valence-corrected chi connectivity index (χ4v) is 9.46. The van der Waals surface area contributed by atoms with E-state index in [9.17, 15) is 0 Å². The Morgan fingerprint density at radius 3 is 2.06 bits per heavy atom. The Morgan fingerprint density at radius 2 is 1.38 bits per heavy atom. The minimum atomic E-state index is -1.76. The van der Waals surface area contributed by atoms with Crippen LogP contribution in [-0.4, -0.2) is 43.2 Å². The van der Waals surface area contributed by atoms with Gasteiger partial charge in [-0.1, -0.05) is 149 Å². The second-order valence-electron chi connectivity index (χ2n) is 17.3. The first kappa shape index (κ1) is 41.6. The van der Waals surface area contributed by atoms with Crippen molar-refractivity contribution in [2.45, 2.75) is 65.5 Å². The zero-order valence-electron chi connectivity index (χ0n) is 38.9. The van der Waals surface area contributed by atoms with E-state index in [1.165, 1.54) is 22.3 Å². The van der Waals surface area contributed by atoms with E-state index in [0.29, 0.717) is 22.7 Å². The Bertz CT molecular complexity index is 3270. The second-order valence-corrected chi connectivity index (χ2v) is 22.3. The van der Waals surface area contributed by atoms with Gasteiger partial charge in [-0.2, -0.15) is 0 Å². The number of aromatic nitrogens is 7. The first-order valence-corrected chi connectivity index (χ1v) is 24.8. The van der Waals surface area contributed by atoms with Gasteiger partial charge in [0.15, 0.2) is 0 Å². The van der Waals surface area contributed by atoms with Crippen molar-refractivity contribution >= 4 is 46.5 Å². The first-order chi connectivity index (χ1) is 31.3. The van der Waals surface area contributed by atoms with Crippen LogP contribution in [0.25, 0.3) is 72.7 Å². The van der Waals surface area contributed by atoms with Crippen LogP contribution in [0.1, 0.15) is 64.5 Å². The molecule has 0 amide bonds. The van der Waals surface area contributed by atoms with Gasteiger partial charge in [-0.25, -0.2) is 0 Å². The summed E-state index contributed by atoms with van der Waals surface area (Å²) in [5.74, 6) is 1.08. The van der Waals surface area contributed by atoms with Gasteiger partial charge in [-0.15, -0.1) is 64.3 Å². The third-order valence-corrected chi connectivity index (χ3v) is 13.2. The third kappa shape index (κ3) is 8.86. The van der Waals surface area contributed by atoms with Crippen LogP contribution in [0.2, 0.25) is 19.6 Å². The molecule has 10 rings (SSSR count).